The topological polar surface area (TPSA) is 76.3 Å². The number of aromatic nitrogens is 1. The van der Waals surface area contributed by atoms with E-state index in [0.717, 1.165) is 49.7 Å². The second-order valence-electron chi connectivity index (χ2n) is 6.51. The quantitative estimate of drug-likeness (QED) is 0.918. The van der Waals surface area contributed by atoms with Gasteiger partial charge in [0.1, 0.15) is 9.90 Å². The molecule has 0 bridgehead atoms. The molecule has 1 saturated heterocycles. The molecule has 2 N–H and O–H groups in total. The predicted molar refractivity (Wildman–Crippen MR) is 86.5 cm³/mol. The Bertz CT molecular complexity index is 612. The number of nitrogens with two attached hydrogens (primary N) is 1. The highest BCUT2D eigenvalue weighted by atomic mass is 32.2. The van der Waals surface area contributed by atoms with Crippen LogP contribution in [0.25, 0.3) is 0 Å². The first-order chi connectivity index (χ1) is 9.91. The highest BCUT2D eigenvalue weighted by Crippen LogP contribution is 2.43. The maximum atomic E-state index is 12.6. The Hall–Kier alpha value is -0.820. The Morgan fingerprint density at radius 1 is 1.24 bits per heavy atom. The van der Waals surface area contributed by atoms with Crippen molar-refractivity contribution in [2.75, 3.05) is 23.7 Å². The van der Waals surface area contributed by atoms with Gasteiger partial charge in [0.05, 0.1) is 5.25 Å². The van der Waals surface area contributed by atoms with Crippen molar-refractivity contribution >= 4 is 32.2 Å². The molecule has 1 saturated carbocycles. The first kappa shape index (κ1) is 15.1. The second kappa shape index (κ2) is 5.43. The molecule has 3 rings (SSSR count). The molecular formula is C14H23N3O2S2. The third-order valence-corrected chi connectivity index (χ3v) is 8.05. The van der Waals surface area contributed by atoms with E-state index < -0.39 is 9.84 Å². The standard InChI is InChI=1S/C14H23N3O2S2/c1-9(2)10-5-7-17(8-6-10)14-12(13(15)16-20-14)21(18,19)11-3-4-11/h9-11H,3-8H2,1-2H3,(H2,15,16). The van der Waals surface area contributed by atoms with E-state index in [1.807, 2.05) is 0 Å². The van der Waals surface area contributed by atoms with Gasteiger partial charge in [-0.05, 0) is 49.1 Å². The van der Waals surface area contributed by atoms with Crippen LogP contribution in [0, 0.1) is 11.8 Å². The molecule has 2 heterocycles. The number of hydrogen-bond donors (Lipinski definition) is 1. The molecule has 2 aliphatic rings. The molecule has 1 aliphatic carbocycles. The van der Waals surface area contributed by atoms with E-state index in [-0.39, 0.29) is 11.1 Å². The maximum Gasteiger partial charge on any atom is 0.187 e. The molecule has 0 amide bonds. The molecule has 1 aromatic rings. The Balaban J connectivity index is 1.84. The predicted octanol–water partition coefficient (Wildman–Crippen LogP) is 2.53. The van der Waals surface area contributed by atoms with Gasteiger partial charge in [-0.25, -0.2) is 8.42 Å². The fraction of sp³-hybridized carbons (Fsp3) is 0.786. The summed E-state index contributed by atoms with van der Waals surface area (Å²) in [7, 11) is -3.28. The van der Waals surface area contributed by atoms with Crippen LogP contribution in [-0.4, -0.2) is 31.1 Å². The van der Waals surface area contributed by atoms with Crippen LogP contribution in [0.4, 0.5) is 10.8 Å². The minimum absolute atomic E-state index is 0.188. The van der Waals surface area contributed by atoms with Crippen LogP contribution in [0.2, 0.25) is 0 Å². The number of rotatable bonds is 4. The van der Waals surface area contributed by atoms with Gasteiger partial charge in [0, 0.05) is 13.1 Å². The third-order valence-electron chi connectivity index (χ3n) is 4.67. The monoisotopic (exact) mass is 329 g/mol. The maximum absolute atomic E-state index is 12.6. The van der Waals surface area contributed by atoms with Crippen LogP contribution in [0.15, 0.2) is 4.90 Å². The molecule has 118 valence electrons. The first-order valence-corrected chi connectivity index (χ1v) is 9.97. The molecule has 0 unspecified atom stereocenters. The van der Waals surface area contributed by atoms with Gasteiger partial charge >= 0.3 is 0 Å². The Labute approximate surface area is 130 Å². The van der Waals surface area contributed by atoms with Crippen molar-refractivity contribution in [3.8, 4) is 0 Å². The average molecular weight is 329 g/mol. The van der Waals surface area contributed by atoms with E-state index in [2.05, 4.69) is 23.1 Å². The summed E-state index contributed by atoms with van der Waals surface area (Å²) in [5.41, 5.74) is 5.87. The van der Waals surface area contributed by atoms with Gasteiger partial charge in [0.25, 0.3) is 0 Å². The summed E-state index contributed by atoms with van der Waals surface area (Å²) in [6.45, 7) is 6.32. The fourth-order valence-electron chi connectivity index (χ4n) is 3.07. The van der Waals surface area contributed by atoms with Crippen LogP contribution in [0.1, 0.15) is 39.5 Å². The van der Waals surface area contributed by atoms with Gasteiger partial charge in [-0.3, -0.25) is 0 Å². The zero-order chi connectivity index (χ0) is 15.2. The van der Waals surface area contributed by atoms with Crippen LogP contribution in [0.5, 0.6) is 0 Å². The summed E-state index contributed by atoms with van der Waals surface area (Å²) in [6, 6.07) is 0. The van der Waals surface area contributed by atoms with Crippen LogP contribution in [-0.2, 0) is 9.84 Å². The zero-order valence-corrected chi connectivity index (χ0v) is 14.2. The summed E-state index contributed by atoms with van der Waals surface area (Å²) in [5, 5.41) is 0.532. The lowest BCUT2D eigenvalue weighted by Gasteiger charge is -2.34. The van der Waals surface area contributed by atoms with Crippen molar-refractivity contribution in [2.24, 2.45) is 11.8 Å². The highest BCUT2D eigenvalue weighted by molar-refractivity contribution is 7.92. The minimum Gasteiger partial charge on any atom is -0.382 e. The summed E-state index contributed by atoms with van der Waals surface area (Å²) in [4.78, 5) is 2.47. The first-order valence-electron chi connectivity index (χ1n) is 7.65. The smallest absolute Gasteiger partial charge is 0.187 e. The van der Waals surface area contributed by atoms with Crippen LogP contribution >= 0.6 is 11.5 Å². The number of hydrogen-bond acceptors (Lipinski definition) is 6. The third kappa shape index (κ3) is 2.77. The molecule has 21 heavy (non-hydrogen) atoms. The number of anilines is 2. The molecule has 2 fully saturated rings. The van der Waals surface area contributed by atoms with Crippen LogP contribution in [0.3, 0.4) is 0 Å². The number of piperidine rings is 1. The lowest BCUT2D eigenvalue weighted by Crippen LogP contribution is -2.35. The molecule has 5 nitrogen and oxygen atoms in total. The summed E-state index contributed by atoms with van der Waals surface area (Å²) < 4.78 is 29.3. The molecule has 0 radical (unpaired) electrons. The second-order valence-corrected chi connectivity index (χ2v) is 9.43. The molecule has 7 heteroatoms. The average Bonchev–Trinajstić information content (AvgIpc) is 3.22. The molecule has 0 spiro atoms. The van der Waals surface area contributed by atoms with Gasteiger partial charge in [0.15, 0.2) is 15.7 Å². The van der Waals surface area contributed by atoms with Gasteiger partial charge in [-0.15, -0.1) is 0 Å². The van der Waals surface area contributed by atoms with Crippen molar-refractivity contribution in [2.45, 2.75) is 49.7 Å². The van der Waals surface area contributed by atoms with E-state index >= 15 is 0 Å². The molecule has 1 aromatic heterocycles. The van der Waals surface area contributed by atoms with Gasteiger partial charge in [-0.1, -0.05) is 13.8 Å². The molecule has 1 aliphatic heterocycles. The van der Waals surface area contributed by atoms with E-state index in [1.54, 1.807) is 0 Å². The Morgan fingerprint density at radius 2 is 1.86 bits per heavy atom. The van der Waals surface area contributed by atoms with E-state index in [9.17, 15) is 8.42 Å². The number of nitrogen functional groups attached to an aromatic ring is 1. The van der Waals surface area contributed by atoms with E-state index in [4.69, 9.17) is 5.73 Å². The summed E-state index contributed by atoms with van der Waals surface area (Å²) in [5.74, 6) is 1.61. The summed E-state index contributed by atoms with van der Waals surface area (Å²) >= 11 is 1.24. The van der Waals surface area contributed by atoms with Crippen molar-refractivity contribution in [3.05, 3.63) is 0 Å². The van der Waals surface area contributed by atoms with Crippen molar-refractivity contribution < 1.29 is 8.42 Å². The highest BCUT2D eigenvalue weighted by Gasteiger charge is 2.42. The van der Waals surface area contributed by atoms with Crippen molar-refractivity contribution in [1.29, 1.82) is 0 Å². The van der Waals surface area contributed by atoms with Gasteiger partial charge in [0.2, 0.25) is 0 Å². The Kier molecular flexibility index (Phi) is 3.90. The zero-order valence-electron chi connectivity index (χ0n) is 12.6. The van der Waals surface area contributed by atoms with Gasteiger partial charge in [-0.2, -0.15) is 4.37 Å². The lowest BCUT2D eigenvalue weighted by molar-refractivity contribution is 0.311. The normalized spacial score (nSPS) is 21.2. The van der Waals surface area contributed by atoms with E-state index in [1.165, 1.54) is 11.5 Å². The largest absolute Gasteiger partial charge is 0.382 e. The van der Waals surface area contributed by atoms with Crippen molar-refractivity contribution in [1.82, 2.24) is 4.37 Å². The Morgan fingerprint density at radius 3 is 2.38 bits per heavy atom. The molecular weight excluding hydrogens is 306 g/mol. The van der Waals surface area contributed by atoms with Crippen molar-refractivity contribution in [3.63, 3.8) is 0 Å². The number of nitrogens with zero attached hydrogens (tertiary/aromatic N) is 2. The molecule has 0 atom stereocenters. The number of sulfone groups is 1. The minimum atomic E-state index is -3.28. The van der Waals surface area contributed by atoms with Gasteiger partial charge < -0.3 is 10.6 Å². The molecule has 0 aromatic carbocycles. The SMILES string of the molecule is CC(C)C1CCN(c2snc(N)c2S(=O)(=O)C2CC2)CC1. The summed E-state index contributed by atoms with van der Waals surface area (Å²) in [6.07, 6.45) is 3.73. The van der Waals surface area contributed by atoms with Crippen LogP contribution < -0.4 is 10.6 Å². The van der Waals surface area contributed by atoms with E-state index in [0.29, 0.717) is 10.8 Å². The fourth-order valence-corrected chi connectivity index (χ4v) is 6.15. The lowest BCUT2D eigenvalue weighted by atomic mass is 9.87.